The Bertz CT molecular complexity index is 584. The summed E-state index contributed by atoms with van der Waals surface area (Å²) in [6.07, 6.45) is 1.24. The number of oxime groups is 1. The molecule has 0 amide bonds. The molecule has 0 fully saturated rings. The number of hydrogen-bond acceptors (Lipinski definition) is 3. The maximum Gasteiger partial charge on any atom is 0.128 e. The van der Waals surface area contributed by atoms with E-state index >= 15 is 0 Å². The summed E-state index contributed by atoms with van der Waals surface area (Å²) < 4.78 is 18.3. The molecule has 2 aromatic rings. The molecule has 2 aromatic carbocycles. The van der Waals surface area contributed by atoms with Crippen LogP contribution in [0.15, 0.2) is 47.6 Å². The second-order valence-corrected chi connectivity index (χ2v) is 4.28. The number of ether oxygens (including phenoxy) is 1. The van der Waals surface area contributed by atoms with E-state index in [-0.39, 0.29) is 12.4 Å². The lowest BCUT2D eigenvalue weighted by molar-refractivity contribution is 0.304. The van der Waals surface area contributed by atoms with E-state index in [1.54, 1.807) is 30.3 Å². The topological polar surface area (TPSA) is 41.8 Å². The van der Waals surface area contributed by atoms with Crippen LogP contribution in [0.5, 0.6) is 5.75 Å². The van der Waals surface area contributed by atoms with Crippen molar-refractivity contribution in [1.82, 2.24) is 0 Å². The van der Waals surface area contributed by atoms with Crippen LogP contribution in [0, 0.1) is 5.82 Å². The summed E-state index contributed by atoms with van der Waals surface area (Å²) in [7, 11) is 0. The first-order chi connectivity index (χ1) is 9.19. The SMILES string of the molecule is ON=Cc1cc(Cl)ccc1OCc1ccc(F)cc1. The van der Waals surface area contributed by atoms with Crippen molar-refractivity contribution in [2.24, 2.45) is 5.16 Å². The van der Waals surface area contributed by atoms with Crippen molar-refractivity contribution < 1.29 is 14.3 Å². The molecule has 0 bridgehead atoms. The fourth-order valence-electron chi connectivity index (χ4n) is 1.56. The highest BCUT2D eigenvalue weighted by Gasteiger charge is 2.04. The van der Waals surface area contributed by atoms with Gasteiger partial charge in [-0.1, -0.05) is 28.9 Å². The van der Waals surface area contributed by atoms with Gasteiger partial charge < -0.3 is 9.94 Å². The number of rotatable bonds is 4. The van der Waals surface area contributed by atoms with Gasteiger partial charge in [-0.3, -0.25) is 0 Å². The Morgan fingerprint density at radius 2 is 1.95 bits per heavy atom. The van der Waals surface area contributed by atoms with E-state index in [0.29, 0.717) is 16.3 Å². The van der Waals surface area contributed by atoms with Crippen LogP contribution in [0.4, 0.5) is 4.39 Å². The van der Waals surface area contributed by atoms with Crippen LogP contribution >= 0.6 is 11.6 Å². The summed E-state index contributed by atoms with van der Waals surface area (Å²) in [4.78, 5) is 0. The summed E-state index contributed by atoms with van der Waals surface area (Å²) in [5.74, 6) is 0.245. The zero-order valence-electron chi connectivity index (χ0n) is 9.88. The molecule has 1 N–H and O–H groups in total. The Labute approximate surface area is 114 Å². The molecule has 5 heteroatoms. The van der Waals surface area contributed by atoms with Crippen LogP contribution in [0.2, 0.25) is 5.02 Å². The highest BCUT2D eigenvalue weighted by molar-refractivity contribution is 6.30. The smallest absolute Gasteiger partial charge is 0.128 e. The number of halogens is 2. The number of hydrogen-bond donors (Lipinski definition) is 1. The molecule has 0 heterocycles. The minimum absolute atomic E-state index is 0.286. The van der Waals surface area contributed by atoms with E-state index in [1.807, 2.05) is 0 Å². The van der Waals surface area contributed by atoms with E-state index < -0.39 is 0 Å². The second-order valence-electron chi connectivity index (χ2n) is 3.84. The van der Waals surface area contributed by atoms with Gasteiger partial charge in [-0.2, -0.15) is 0 Å². The maximum atomic E-state index is 12.8. The van der Waals surface area contributed by atoms with Crippen LogP contribution < -0.4 is 4.74 Å². The first-order valence-electron chi connectivity index (χ1n) is 5.53. The normalized spacial score (nSPS) is 10.8. The average Bonchev–Trinajstić information content (AvgIpc) is 2.40. The lowest BCUT2D eigenvalue weighted by Gasteiger charge is -2.09. The molecular weight excluding hydrogens is 269 g/mol. The molecule has 0 radical (unpaired) electrons. The van der Waals surface area contributed by atoms with Gasteiger partial charge in [0.2, 0.25) is 0 Å². The summed E-state index contributed by atoms with van der Waals surface area (Å²) in [6, 6.07) is 11.0. The van der Waals surface area contributed by atoms with Crippen molar-refractivity contribution in [1.29, 1.82) is 0 Å². The zero-order chi connectivity index (χ0) is 13.7. The van der Waals surface area contributed by atoms with Crippen molar-refractivity contribution >= 4 is 17.8 Å². The first-order valence-corrected chi connectivity index (χ1v) is 5.91. The van der Waals surface area contributed by atoms with Gasteiger partial charge in [0.15, 0.2) is 0 Å². The fourth-order valence-corrected chi connectivity index (χ4v) is 1.74. The predicted octanol–water partition coefficient (Wildman–Crippen LogP) is 3.87. The highest BCUT2D eigenvalue weighted by atomic mass is 35.5. The standard InChI is InChI=1S/C14H11ClFNO2/c15-12-3-6-14(11(7-12)8-17-18)19-9-10-1-4-13(16)5-2-10/h1-8,18H,9H2. The minimum Gasteiger partial charge on any atom is -0.488 e. The van der Waals surface area contributed by atoms with Gasteiger partial charge >= 0.3 is 0 Å². The largest absolute Gasteiger partial charge is 0.488 e. The Balaban J connectivity index is 2.12. The molecule has 0 atom stereocenters. The zero-order valence-corrected chi connectivity index (χ0v) is 10.6. The molecule has 19 heavy (non-hydrogen) atoms. The second kappa shape index (κ2) is 6.20. The maximum absolute atomic E-state index is 12.8. The monoisotopic (exact) mass is 279 g/mol. The molecule has 0 unspecified atom stereocenters. The molecular formula is C14H11ClFNO2. The molecule has 0 aliphatic carbocycles. The quantitative estimate of drug-likeness (QED) is 0.524. The summed E-state index contributed by atoms with van der Waals surface area (Å²) >= 11 is 5.85. The van der Waals surface area contributed by atoms with Crippen LogP contribution in [0.1, 0.15) is 11.1 Å². The van der Waals surface area contributed by atoms with Crippen LogP contribution in [-0.2, 0) is 6.61 Å². The van der Waals surface area contributed by atoms with Gasteiger partial charge in [0.25, 0.3) is 0 Å². The predicted molar refractivity (Wildman–Crippen MR) is 71.6 cm³/mol. The van der Waals surface area contributed by atoms with E-state index in [9.17, 15) is 4.39 Å². The third-order valence-corrected chi connectivity index (χ3v) is 2.71. The van der Waals surface area contributed by atoms with Gasteiger partial charge in [0.05, 0.1) is 6.21 Å². The van der Waals surface area contributed by atoms with Crippen LogP contribution in [0.25, 0.3) is 0 Å². The molecule has 0 aliphatic rings. The van der Waals surface area contributed by atoms with Gasteiger partial charge in [-0.05, 0) is 35.9 Å². The van der Waals surface area contributed by atoms with Gasteiger partial charge in [-0.15, -0.1) is 0 Å². The number of benzene rings is 2. The van der Waals surface area contributed by atoms with Crippen molar-refractivity contribution in [2.45, 2.75) is 6.61 Å². The average molecular weight is 280 g/mol. The Kier molecular flexibility index (Phi) is 4.36. The Morgan fingerprint density at radius 1 is 1.21 bits per heavy atom. The summed E-state index contributed by atoms with van der Waals surface area (Å²) in [5.41, 5.74) is 1.40. The van der Waals surface area contributed by atoms with Crippen molar-refractivity contribution in [2.75, 3.05) is 0 Å². The minimum atomic E-state index is -0.289. The summed E-state index contributed by atoms with van der Waals surface area (Å²) in [5, 5.41) is 12.1. The fraction of sp³-hybridized carbons (Fsp3) is 0.0714. The molecule has 0 saturated heterocycles. The van der Waals surface area contributed by atoms with E-state index in [4.69, 9.17) is 21.5 Å². The molecule has 0 aliphatic heterocycles. The molecule has 0 spiro atoms. The Hall–Kier alpha value is -2.07. The van der Waals surface area contributed by atoms with Crippen molar-refractivity contribution in [3.63, 3.8) is 0 Å². The molecule has 0 saturated carbocycles. The molecule has 2 rings (SSSR count). The van der Waals surface area contributed by atoms with Gasteiger partial charge in [0, 0.05) is 10.6 Å². The third kappa shape index (κ3) is 3.69. The third-order valence-electron chi connectivity index (χ3n) is 2.48. The number of nitrogens with zero attached hydrogens (tertiary/aromatic N) is 1. The van der Waals surface area contributed by atoms with E-state index in [1.165, 1.54) is 18.3 Å². The van der Waals surface area contributed by atoms with E-state index in [2.05, 4.69) is 5.16 Å². The molecule has 98 valence electrons. The van der Waals surface area contributed by atoms with Gasteiger partial charge in [-0.25, -0.2) is 4.39 Å². The van der Waals surface area contributed by atoms with Crippen LogP contribution in [-0.4, -0.2) is 11.4 Å². The van der Waals surface area contributed by atoms with Gasteiger partial charge in [0.1, 0.15) is 18.2 Å². The first kappa shape index (κ1) is 13.4. The van der Waals surface area contributed by atoms with Crippen molar-refractivity contribution in [3.05, 3.63) is 64.4 Å². The summed E-state index contributed by atoms with van der Waals surface area (Å²) in [6.45, 7) is 0.286. The van der Waals surface area contributed by atoms with Crippen molar-refractivity contribution in [3.8, 4) is 5.75 Å². The lowest BCUT2D eigenvalue weighted by atomic mass is 10.2. The lowest BCUT2D eigenvalue weighted by Crippen LogP contribution is -1.98. The Morgan fingerprint density at radius 3 is 2.63 bits per heavy atom. The molecule has 0 aromatic heterocycles. The van der Waals surface area contributed by atoms with E-state index in [0.717, 1.165) is 5.56 Å². The molecule has 3 nitrogen and oxygen atoms in total. The highest BCUT2D eigenvalue weighted by Crippen LogP contribution is 2.22. The van der Waals surface area contributed by atoms with Crippen LogP contribution in [0.3, 0.4) is 0 Å².